The van der Waals surface area contributed by atoms with Gasteiger partial charge < -0.3 is 10.7 Å². The predicted molar refractivity (Wildman–Crippen MR) is 116 cm³/mol. The van der Waals surface area contributed by atoms with Crippen LogP contribution in [0.1, 0.15) is 5.56 Å². The largest absolute Gasteiger partial charge is 0.346 e. The van der Waals surface area contributed by atoms with E-state index in [2.05, 4.69) is 16.0 Å². The Morgan fingerprint density at radius 1 is 0.931 bits per heavy atom. The summed E-state index contributed by atoms with van der Waals surface area (Å²) in [6, 6.07) is 21.9. The SMILES string of the molecule is NCc1c[nH]c2nc(-c3ccccc3)c(-c3ccc4ncccc4c3)cc2c1=O. The highest BCUT2D eigenvalue weighted by Crippen LogP contribution is 2.33. The predicted octanol–water partition coefficient (Wildman–Crippen LogP) is 4.26. The Morgan fingerprint density at radius 2 is 1.79 bits per heavy atom. The molecule has 5 nitrogen and oxygen atoms in total. The zero-order valence-corrected chi connectivity index (χ0v) is 15.6. The maximum absolute atomic E-state index is 12.9. The van der Waals surface area contributed by atoms with Crippen molar-refractivity contribution in [3.63, 3.8) is 0 Å². The number of nitrogens with one attached hydrogen (secondary N) is 1. The van der Waals surface area contributed by atoms with E-state index in [-0.39, 0.29) is 12.0 Å². The summed E-state index contributed by atoms with van der Waals surface area (Å²) in [7, 11) is 0. The van der Waals surface area contributed by atoms with Crippen LogP contribution in [-0.2, 0) is 6.54 Å². The van der Waals surface area contributed by atoms with Crippen molar-refractivity contribution >= 4 is 21.9 Å². The van der Waals surface area contributed by atoms with Gasteiger partial charge in [-0.15, -0.1) is 0 Å². The second kappa shape index (κ2) is 6.96. The molecule has 0 atom stereocenters. The first kappa shape index (κ1) is 17.3. The number of benzene rings is 2. The molecule has 5 rings (SSSR count). The molecule has 2 aromatic carbocycles. The summed E-state index contributed by atoms with van der Waals surface area (Å²) < 4.78 is 0. The van der Waals surface area contributed by atoms with E-state index in [0.717, 1.165) is 33.3 Å². The minimum atomic E-state index is -0.0860. The van der Waals surface area contributed by atoms with Gasteiger partial charge in [-0.05, 0) is 29.8 Å². The fourth-order valence-corrected chi connectivity index (χ4v) is 3.62. The first-order valence-corrected chi connectivity index (χ1v) is 9.40. The Labute approximate surface area is 166 Å². The van der Waals surface area contributed by atoms with Crippen molar-refractivity contribution in [1.29, 1.82) is 0 Å². The van der Waals surface area contributed by atoms with E-state index in [1.807, 2.05) is 60.7 Å². The fraction of sp³-hybridized carbons (Fsp3) is 0.0417. The molecule has 0 amide bonds. The molecule has 0 fully saturated rings. The highest BCUT2D eigenvalue weighted by atomic mass is 16.1. The molecule has 3 aromatic heterocycles. The topological polar surface area (TPSA) is 84.7 Å². The molecule has 0 aliphatic carbocycles. The number of hydrogen-bond acceptors (Lipinski definition) is 4. The van der Waals surface area contributed by atoms with E-state index in [4.69, 9.17) is 10.7 Å². The molecular formula is C24H18N4O. The van der Waals surface area contributed by atoms with Gasteiger partial charge in [0, 0.05) is 41.0 Å². The summed E-state index contributed by atoms with van der Waals surface area (Å²) in [6.45, 7) is 0.183. The number of aromatic amines is 1. The van der Waals surface area contributed by atoms with Crippen LogP contribution in [0, 0.1) is 0 Å². The number of fused-ring (bicyclic) bond motifs is 2. The number of nitrogens with two attached hydrogens (primary N) is 1. The molecule has 0 aliphatic rings. The van der Waals surface area contributed by atoms with Crippen molar-refractivity contribution in [1.82, 2.24) is 15.0 Å². The van der Waals surface area contributed by atoms with Crippen LogP contribution in [0.4, 0.5) is 0 Å². The maximum atomic E-state index is 12.9. The summed E-state index contributed by atoms with van der Waals surface area (Å²) >= 11 is 0. The van der Waals surface area contributed by atoms with Crippen molar-refractivity contribution in [3.05, 3.63) is 94.9 Å². The van der Waals surface area contributed by atoms with Crippen LogP contribution in [0.5, 0.6) is 0 Å². The Hall–Kier alpha value is -3.83. The first-order valence-electron chi connectivity index (χ1n) is 9.40. The van der Waals surface area contributed by atoms with Crippen LogP contribution in [0.25, 0.3) is 44.3 Å². The normalized spacial score (nSPS) is 11.2. The monoisotopic (exact) mass is 378 g/mol. The van der Waals surface area contributed by atoms with Crippen LogP contribution in [0.15, 0.2) is 83.9 Å². The van der Waals surface area contributed by atoms with Gasteiger partial charge in [0.05, 0.1) is 16.6 Å². The molecule has 0 saturated heterocycles. The lowest BCUT2D eigenvalue weighted by Gasteiger charge is -2.12. The second-order valence-electron chi connectivity index (χ2n) is 6.90. The van der Waals surface area contributed by atoms with Gasteiger partial charge in [-0.2, -0.15) is 0 Å². The second-order valence-corrected chi connectivity index (χ2v) is 6.90. The molecular weight excluding hydrogens is 360 g/mol. The van der Waals surface area contributed by atoms with E-state index in [0.29, 0.717) is 16.6 Å². The Bertz CT molecular complexity index is 1410. The molecule has 0 unspecified atom stereocenters. The summed E-state index contributed by atoms with van der Waals surface area (Å²) in [5.41, 5.74) is 11.3. The summed E-state index contributed by atoms with van der Waals surface area (Å²) in [4.78, 5) is 25.2. The lowest BCUT2D eigenvalue weighted by molar-refractivity contribution is 1.04. The molecule has 5 aromatic rings. The van der Waals surface area contributed by atoms with Crippen LogP contribution in [0.3, 0.4) is 0 Å². The highest BCUT2D eigenvalue weighted by Gasteiger charge is 2.15. The number of nitrogens with zero attached hydrogens (tertiary/aromatic N) is 2. The minimum absolute atomic E-state index is 0.0860. The van der Waals surface area contributed by atoms with Gasteiger partial charge in [0.25, 0.3) is 0 Å². The summed E-state index contributed by atoms with van der Waals surface area (Å²) in [5, 5.41) is 1.57. The Balaban J connectivity index is 1.85. The van der Waals surface area contributed by atoms with E-state index >= 15 is 0 Å². The molecule has 0 bridgehead atoms. The quantitative estimate of drug-likeness (QED) is 0.491. The molecule has 0 spiro atoms. The number of pyridine rings is 3. The smallest absolute Gasteiger partial charge is 0.195 e. The summed E-state index contributed by atoms with van der Waals surface area (Å²) in [5.74, 6) is 0. The van der Waals surface area contributed by atoms with Crippen LogP contribution < -0.4 is 11.2 Å². The van der Waals surface area contributed by atoms with Crippen molar-refractivity contribution in [2.24, 2.45) is 5.73 Å². The van der Waals surface area contributed by atoms with Gasteiger partial charge >= 0.3 is 0 Å². The third kappa shape index (κ3) is 2.98. The Kier molecular flexibility index (Phi) is 4.15. The standard InChI is InChI=1S/C24H18N4O/c25-13-18-14-27-24-20(23(18)29)12-19(22(28-24)15-5-2-1-3-6-15)16-8-9-21-17(11-16)7-4-10-26-21/h1-12,14H,13,25H2,(H,27,28,29). The molecule has 0 radical (unpaired) electrons. The molecule has 140 valence electrons. The third-order valence-electron chi connectivity index (χ3n) is 5.12. The van der Waals surface area contributed by atoms with Crippen molar-refractivity contribution in [3.8, 4) is 22.4 Å². The molecule has 0 saturated carbocycles. The molecule has 29 heavy (non-hydrogen) atoms. The van der Waals surface area contributed by atoms with E-state index < -0.39 is 0 Å². The number of hydrogen-bond donors (Lipinski definition) is 2. The van der Waals surface area contributed by atoms with Gasteiger partial charge in [-0.25, -0.2) is 4.98 Å². The van der Waals surface area contributed by atoms with Crippen LogP contribution in [0.2, 0.25) is 0 Å². The molecule has 5 heteroatoms. The van der Waals surface area contributed by atoms with Crippen molar-refractivity contribution in [2.75, 3.05) is 0 Å². The average Bonchev–Trinajstić information content (AvgIpc) is 2.79. The van der Waals surface area contributed by atoms with Gasteiger partial charge in [-0.1, -0.05) is 42.5 Å². The number of aromatic nitrogens is 3. The third-order valence-corrected chi connectivity index (χ3v) is 5.12. The van der Waals surface area contributed by atoms with Crippen LogP contribution in [-0.4, -0.2) is 15.0 Å². The lowest BCUT2D eigenvalue weighted by Crippen LogP contribution is -2.14. The van der Waals surface area contributed by atoms with Gasteiger partial charge in [0.1, 0.15) is 5.65 Å². The number of rotatable bonds is 3. The van der Waals surface area contributed by atoms with Gasteiger partial charge in [0.2, 0.25) is 0 Å². The van der Waals surface area contributed by atoms with Gasteiger partial charge in [0.15, 0.2) is 5.43 Å². The first-order chi connectivity index (χ1) is 14.2. The summed E-state index contributed by atoms with van der Waals surface area (Å²) in [6.07, 6.45) is 3.43. The minimum Gasteiger partial charge on any atom is -0.346 e. The van der Waals surface area contributed by atoms with Gasteiger partial charge in [-0.3, -0.25) is 9.78 Å². The Morgan fingerprint density at radius 3 is 2.62 bits per heavy atom. The van der Waals surface area contributed by atoms with E-state index in [1.54, 1.807) is 12.4 Å². The highest BCUT2D eigenvalue weighted by molar-refractivity contribution is 5.93. The van der Waals surface area contributed by atoms with Crippen molar-refractivity contribution < 1.29 is 0 Å². The zero-order valence-electron chi connectivity index (χ0n) is 15.6. The fourth-order valence-electron chi connectivity index (χ4n) is 3.62. The van der Waals surface area contributed by atoms with E-state index in [9.17, 15) is 4.79 Å². The average molecular weight is 378 g/mol. The zero-order chi connectivity index (χ0) is 19.8. The van der Waals surface area contributed by atoms with Crippen LogP contribution >= 0.6 is 0 Å². The van der Waals surface area contributed by atoms with Crippen molar-refractivity contribution in [2.45, 2.75) is 6.54 Å². The lowest BCUT2D eigenvalue weighted by atomic mass is 9.96. The maximum Gasteiger partial charge on any atom is 0.195 e. The van der Waals surface area contributed by atoms with E-state index in [1.165, 1.54) is 0 Å². The molecule has 3 N–H and O–H groups in total. The molecule has 3 heterocycles. The molecule has 0 aliphatic heterocycles. The number of H-pyrrole nitrogens is 1.